The van der Waals surface area contributed by atoms with Crippen LogP contribution >= 0.6 is 0 Å². The third kappa shape index (κ3) is 1.11. The molecule has 0 atom stereocenters. The van der Waals surface area contributed by atoms with E-state index in [0.29, 0.717) is 16.3 Å². The predicted octanol–water partition coefficient (Wildman–Crippen LogP) is 2.39. The van der Waals surface area contributed by atoms with Crippen molar-refractivity contribution >= 4 is 21.8 Å². The molecular formula is C13H9NO2. The van der Waals surface area contributed by atoms with Crippen LogP contribution in [0.5, 0.6) is 5.75 Å². The monoisotopic (exact) mass is 211 g/mol. The van der Waals surface area contributed by atoms with Crippen molar-refractivity contribution in [2.45, 2.75) is 0 Å². The highest BCUT2D eigenvalue weighted by atomic mass is 16.3. The van der Waals surface area contributed by atoms with Crippen molar-refractivity contribution < 1.29 is 5.11 Å². The standard InChI is InChI=1S/C13H9NO2/c15-11-7-3-5-9-12(11)14-10-6-2-1-4-8(10)13(9)16/h1-7,15H,(H,14,16). The Kier molecular flexibility index (Phi) is 1.74. The van der Waals surface area contributed by atoms with Crippen molar-refractivity contribution in [2.24, 2.45) is 0 Å². The maximum Gasteiger partial charge on any atom is 0.197 e. The summed E-state index contributed by atoms with van der Waals surface area (Å²) in [5.41, 5.74) is 1.17. The topological polar surface area (TPSA) is 53.1 Å². The third-order valence-corrected chi connectivity index (χ3v) is 2.72. The van der Waals surface area contributed by atoms with E-state index in [1.165, 1.54) is 0 Å². The highest BCUT2D eigenvalue weighted by molar-refractivity contribution is 5.94. The fourth-order valence-corrected chi connectivity index (χ4v) is 1.93. The first-order valence-corrected chi connectivity index (χ1v) is 5.00. The van der Waals surface area contributed by atoms with Crippen LogP contribution < -0.4 is 5.43 Å². The molecule has 0 aliphatic heterocycles. The third-order valence-electron chi connectivity index (χ3n) is 2.72. The Bertz CT molecular complexity index is 744. The number of aromatic nitrogens is 1. The van der Waals surface area contributed by atoms with Gasteiger partial charge in [0, 0.05) is 16.3 Å². The largest absolute Gasteiger partial charge is 0.506 e. The number of hydrogen-bond donors (Lipinski definition) is 2. The zero-order valence-corrected chi connectivity index (χ0v) is 8.40. The molecular weight excluding hydrogens is 202 g/mol. The van der Waals surface area contributed by atoms with Gasteiger partial charge in [-0.05, 0) is 24.3 Å². The average Bonchev–Trinajstić information content (AvgIpc) is 2.31. The lowest BCUT2D eigenvalue weighted by Crippen LogP contribution is -2.03. The summed E-state index contributed by atoms with van der Waals surface area (Å²) in [4.78, 5) is 15.2. The van der Waals surface area contributed by atoms with E-state index in [4.69, 9.17) is 0 Å². The fourth-order valence-electron chi connectivity index (χ4n) is 1.93. The van der Waals surface area contributed by atoms with E-state index in [9.17, 15) is 9.90 Å². The van der Waals surface area contributed by atoms with E-state index < -0.39 is 0 Å². The van der Waals surface area contributed by atoms with Crippen LogP contribution in [-0.4, -0.2) is 10.1 Å². The van der Waals surface area contributed by atoms with Gasteiger partial charge in [0.2, 0.25) is 0 Å². The van der Waals surface area contributed by atoms with Crippen LogP contribution in [0.2, 0.25) is 0 Å². The molecule has 1 heterocycles. The predicted molar refractivity (Wildman–Crippen MR) is 63.7 cm³/mol. The molecule has 3 heteroatoms. The number of H-pyrrole nitrogens is 1. The van der Waals surface area contributed by atoms with Gasteiger partial charge < -0.3 is 10.1 Å². The Morgan fingerprint density at radius 1 is 0.938 bits per heavy atom. The Labute approximate surface area is 91.0 Å². The molecule has 0 spiro atoms. The summed E-state index contributed by atoms with van der Waals surface area (Å²) in [6.45, 7) is 0. The van der Waals surface area contributed by atoms with Gasteiger partial charge >= 0.3 is 0 Å². The van der Waals surface area contributed by atoms with Crippen molar-refractivity contribution in [1.29, 1.82) is 0 Å². The first kappa shape index (κ1) is 8.97. The summed E-state index contributed by atoms with van der Waals surface area (Å²) < 4.78 is 0. The molecule has 0 unspecified atom stereocenters. The van der Waals surface area contributed by atoms with E-state index in [0.717, 1.165) is 5.52 Å². The Hall–Kier alpha value is -2.29. The number of benzene rings is 2. The van der Waals surface area contributed by atoms with Crippen molar-refractivity contribution in [3.63, 3.8) is 0 Å². The number of fused-ring (bicyclic) bond motifs is 2. The van der Waals surface area contributed by atoms with Crippen LogP contribution in [0.25, 0.3) is 21.8 Å². The molecule has 0 fully saturated rings. The van der Waals surface area contributed by atoms with E-state index in [1.807, 2.05) is 18.2 Å². The molecule has 1 aromatic heterocycles. The first-order chi connectivity index (χ1) is 7.77. The van der Waals surface area contributed by atoms with Crippen molar-refractivity contribution in [1.82, 2.24) is 4.98 Å². The highest BCUT2D eigenvalue weighted by Gasteiger charge is 2.06. The van der Waals surface area contributed by atoms with Gasteiger partial charge in [-0.15, -0.1) is 0 Å². The number of rotatable bonds is 0. The normalized spacial score (nSPS) is 11.0. The molecule has 78 valence electrons. The second-order valence-corrected chi connectivity index (χ2v) is 3.70. The lowest BCUT2D eigenvalue weighted by Gasteiger charge is -2.03. The van der Waals surface area contributed by atoms with Gasteiger partial charge in [0.15, 0.2) is 5.43 Å². The maximum atomic E-state index is 12.1. The molecule has 0 saturated heterocycles. The van der Waals surface area contributed by atoms with Gasteiger partial charge in [-0.2, -0.15) is 0 Å². The Morgan fingerprint density at radius 3 is 2.56 bits per heavy atom. The summed E-state index contributed by atoms with van der Waals surface area (Å²) in [5, 5.41) is 10.8. The number of para-hydroxylation sites is 2. The maximum absolute atomic E-state index is 12.1. The minimum absolute atomic E-state index is 0.0553. The van der Waals surface area contributed by atoms with E-state index >= 15 is 0 Å². The number of phenolic OH excluding ortho intramolecular Hbond substituents is 1. The zero-order valence-electron chi connectivity index (χ0n) is 8.40. The summed E-state index contributed by atoms with van der Waals surface area (Å²) in [7, 11) is 0. The van der Waals surface area contributed by atoms with E-state index in [2.05, 4.69) is 4.98 Å². The van der Waals surface area contributed by atoms with Crippen LogP contribution in [0.4, 0.5) is 0 Å². The molecule has 16 heavy (non-hydrogen) atoms. The number of phenols is 1. The molecule has 0 saturated carbocycles. The number of pyridine rings is 1. The summed E-state index contributed by atoms with van der Waals surface area (Å²) in [6, 6.07) is 12.2. The second-order valence-electron chi connectivity index (χ2n) is 3.70. The van der Waals surface area contributed by atoms with Crippen LogP contribution in [0.3, 0.4) is 0 Å². The van der Waals surface area contributed by atoms with E-state index in [-0.39, 0.29) is 11.2 Å². The SMILES string of the molecule is O=c1c2ccccc2[nH]c2c(O)cccc12. The lowest BCUT2D eigenvalue weighted by molar-refractivity contribution is 0.480. The van der Waals surface area contributed by atoms with Crippen molar-refractivity contribution in [3.05, 3.63) is 52.7 Å². The molecule has 2 aromatic carbocycles. The second kappa shape index (κ2) is 3.10. The van der Waals surface area contributed by atoms with Gasteiger partial charge in [-0.3, -0.25) is 4.79 Å². The molecule has 0 radical (unpaired) electrons. The quantitative estimate of drug-likeness (QED) is 0.561. The molecule has 3 nitrogen and oxygen atoms in total. The number of nitrogens with one attached hydrogen (secondary N) is 1. The number of aromatic amines is 1. The van der Waals surface area contributed by atoms with Crippen LogP contribution in [0.15, 0.2) is 47.3 Å². The molecule has 2 N–H and O–H groups in total. The van der Waals surface area contributed by atoms with Gasteiger partial charge in [-0.25, -0.2) is 0 Å². The molecule has 0 amide bonds. The lowest BCUT2D eigenvalue weighted by atomic mass is 10.1. The summed E-state index contributed by atoms with van der Waals surface area (Å²) in [6.07, 6.45) is 0. The van der Waals surface area contributed by atoms with E-state index in [1.54, 1.807) is 24.3 Å². The molecule has 3 rings (SSSR count). The minimum atomic E-state index is -0.0553. The zero-order chi connectivity index (χ0) is 11.1. The molecule has 0 bridgehead atoms. The highest BCUT2D eigenvalue weighted by Crippen LogP contribution is 2.22. The van der Waals surface area contributed by atoms with Gasteiger partial charge in [0.25, 0.3) is 0 Å². The summed E-state index contributed by atoms with van der Waals surface area (Å²) >= 11 is 0. The van der Waals surface area contributed by atoms with Gasteiger partial charge in [-0.1, -0.05) is 18.2 Å². The minimum Gasteiger partial charge on any atom is -0.506 e. The van der Waals surface area contributed by atoms with Crippen molar-refractivity contribution in [3.8, 4) is 5.75 Å². The van der Waals surface area contributed by atoms with Crippen molar-refractivity contribution in [2.75, 3.05) is 0 Å². The molecule has 0 aliphatic carbocycles. The molecule has 3 aromatic rings. The first-order valence-electron chi connectivity index (χ1n) is 5.00. The number of aromatic hydroxyl groups is 1. The van der Waals surface area contributed by atoms with Crippen LogP contribution in [-0.2, 0) is 0 Å². The fraction of sp³-hybridized carbons (Fsp3) is 0. The Balaban J connectivity index is 2.67. The molecule has 0 aliphatic rings. The smallest absolute Gasteiger partial charge is 0.197 e. The van der Waals surface area contributed by atoms with Gasteiger partial charge in [0.05, 0.1) is 5.52 Å². The summed E-state index contributed by atoms with van der Waals surface area (Å²) in [5.74, 6) is 0.0975. The number of hydrogen-bond acceptors (Lipinski definition) is 2. The Morgan fingerprint density at radius 2 is 1.69 bits per heavy atom. The average molecular weight is 211 g/mol. The van der Waals surface area contributed by atoms with Crippen LogP contribution in [0, 0.1) is 0 Å². The van der Waals surface area contributed by atoms with Crippen LogP contribution in [0.1, 0.15) is 0 Å². The van der Waals surface area contributed by atoms with Gasteiger partial charge in [0.1, 0.15) is 5.75 Å².